The van der Waals surface area contributed by atoms with Gasteiger partial charge in [-0.25, -0.2) is 4.79 Å². The maximum absolute atomic E-state index is 11.8. The van der Waals surface area contributed by atoms with Crippen molar-refractivity contribution < 1.29 is 9.90 Å². The smallest absolute Gasteiger partial charge is 0.337 e. The Kier molecular flexibility index (Phi) is 7.92. The molecule has 0 bridgehead atoms. The van der Waals surface area contributed by atoms with Crippen LogP contribution < -0.4 is 0 Å². The van der Waals surface area contributed by atoms with E-state index in [2.05, 4.69) is 51.9 Å². The monoisotopic (exact) mass is 506 g/mol. The van der Waals surface area contributed by atoms with Crippen molar-refractivity contribution in [2.24, 2.45) is 0 Å². The van der Waals surface area contributed by atoms with Gasteiger partial charge in [-0.3, -0.25) is 9.97 Å². The van der Waals surface area contributed by atoms with Crippen LogP contribution in [0.2, 0.25) is 0 Å². The lowest BCUT2D eigenvalue weighted by Crippen LogP contribution is -2.02. The Hall–Kier alpha value is -4.23. The SMILES string of the molecule is CC#Cc1ccc(/C=C/c2cc(-c3cc(/C=C/c4ccc(C#CC)s4)c(C(=O)O)cn3)ncc2C)s1. The lowest BCUT2D eigenvalue weighted by molar-refractivity contribution is 0.0696. The summed E-state index contributed by atoms with van der Waals surface area (Å²) in [5, 5.41) is 9.67. The Labute approximate surface area is 218 Å². The van der Waals surface area contributed by atoms with Gasteiger partial charge in [0.2, 0.25) is 0 Å². The highest BCUT2D eigenvalue weighted by Gasteiger charge is 2.12. The van der Waals surface area contributed by atoms with Gasteiger partial charge in [0.25, 0.3) is 0 Å². The van der Waals surface area contributed by atoms with Gasteiger partial charge in [0.05, 0.1) is 26.7 Å². The van der Waals surface area contributed by atoms with Crippen LogP contribution in [0.4, 0.5) is 0 Å². The number of thiophene rings is 2. The van der Waals surface area contributed by atoms with Gasteiger partial charge in [-0.1, -0.05) is 24.0 Å². The molecule has 0 aromatic carbocycles. The van der Waals surface area contributed by atoms with Crippen LogP contribution in [0.25, 0.3) is 35.7 Å². The number of carbonyl (C=O) groups is 1. The van der Waals surface area contributed by atoms with Crippen LogP contribution >= 0.6 is 22.7 Å². The van der Waals surface area contributed by atoms with E-state index in [4.69, 9.17) is 0 Å². The summed E-state index contributed by atoms with van der Waals surface area (Å²) in [6, 6.07) is 11.7. The summed E-state index contributed by atoms with van der Waals surface area (Å²) in [7, 11) is 0. The van der Waals surface area contributed by atoms with E-state index in [1.807, 2.05) is 50.4 Å². The predicted octanol–water partition coefficient (Wildman–Crippen LogP) is 7.36. The van der Waals surface area contributed by atoms with E-state index in [1.165, 1.54) is 6.20 Å². The third-order valence-electron chi connectivity index (χ3n) is 5.18. The molecule has 0 unspecified atom stereocenters. The second kappa shape index (κ2) is 11.5. The zero-order chi connectivity index (χ0) is 25.5. The Morgan fingerprint density at radius 3 is 1.89 bits per heavy atom. The first kappa shape index (κ1) is 24.9. The number of hydrogen-bond donors (Lipinski definition) is 1. The molecule has 4 nitrogen and oxygen atoms in total. The second-order valence-electron chi connectivity index (χ2n) is 7.71. The van der Waals surface area contributed by atoms with Crippen molar-refractivity contribution in [3.05, 3.63) is 90.6 Å². The highest BCUT2D eigenvalue weighted by Crippen LogP contribution is 2.25. The molecule has 0 amide bonds. The Balaban J connectivity index is 1.65. The summed E-state index contributed by atoms with van der Waals surface area (Å²) in [6.07, 6.45) is 11.0. The van der Waals surface area contributed by atoms with Crippen LogP contribution in [0.1, 0.15) is 60.4 Å². The van der Waals surface area contributed by atoms with Crippen molar-refractivity contribution in [1.82, 2.24) is 9.97 Å². The first-order valence-electron chi connectivity index (χ1n) is 11.1. The standard InChI is InChI=1S/C30H22N2O2S2/c1-4-6-23-12-14-25(35-23)10-8-21-16-28(31-18-20(21)3)29-17-22(27(19-32-29)30(33)34)9-11-26-15-13-24(36-26)7-5-2/h8-19H,1-3H3,(H,33,34)/b10-8+,11-9+. The van der Waals surface area contributed by atoms with Crippen molar-refractivity contribution in [3.63, 3.8) is 0 Å². The van der Waals surface area contributed by atoms with Crippen molar-refractivity contribution >= 4 is 52.9 Å². The number of hydrogen-bond acceptors (Lipinski definition) is 5. The van der Waals surface area contributed by atoms with Gasteiger partial charge in [-0.05, 0) is 86.0 Å². The minimum Gasteiger partial charge on any atom is -0.478 e. The third-order valence-corrected chi connectivity index (χ3v) is 7.11. The van der Waals surface area contributed by atoms with E-state index >= 15 is 0 Å². The number of aryl methyl sites for hydroxylation is 1. The molecule has 4 aromatic rings. The molecule has 0 saturated heterocycles. The zero-order valence-electron chi connectivity index (χ0n) is 20.0. The van der Waals surface area contributed by atoms with E-state index in [1.54, 1.807) is 41.7 Å². The maximum atomic E-state index is 11.8. The van der Waals surface area contributed by atoms with E-state index in [9.17, 15) is 9.90 Å². The molecular formula is C30H22N2O2S2. The second-order valence-corrected chi connectivity index (χ2v) is 9.94. The molecule has 0 saturated carbocycles. The summed E-state index contributed by atoms with van der Waals surface area (Å²) in [5.41, 5.74) is 4.02. The van der Waals surface area contributed by atoms with Crippen molar-refractivity contribution in [1.29, 1.82) is 0 Å². The average molecular weight is 507 g/mol. The number of carboxylic acid groups (broad SMARTS) is 1. The highest BCUT2D eigenvalue weighted by atomic mass is 32.1. The first-order chi connectivity index (χ1) is 17.5. The Bertz CT molecular complexity index is 1620. The molecule has 0 aliphatic carbocycles. The van der Waals surface area contributed by atoms with Gasteiger partial charge in [0.1, 0.15) is 0 Å². The number of aromatic nitrogens is 2. The molecule has 4 rings (SSSR count). The van der Waals surface area contributed by atoms with Gasteiger partial charge in [0, 0.05) is 22.1 Å². The topological polar surface area (TPSA) is 63.1 Å². The molecule has 36 heavy (non-hydrogen) atoms. The van der Waals surface area contributed by atoms with Crippen LogP contribution in [-0.2, 0) is 0 Å². The number of nitrogens with zero attached hydrogens (tertiary/aromatic N) is 2. The number of aromatic carboxylic acids is 1. The van der Waals surface area contributed by atoms with Crippen molar-refractivity contribution in [2.75, 3.05) is 0 Å². The quantitative estimate of drug-likeness (QED) is 0.278. The zero-order valence-corrected chi connectivity index (χ0v) is 21.6. The van der Waals surface area contributed by atoms with Crippen LogP contribution in [0, 0.1) is 30.6 Å². The van der Waals surface area contributed by atoms with E-state index in [0.717, 1.165) is 30.6 Å². The largest absolute Gasteiger partial charge is 0.478 e. The molecule has 0 aliphatic rings. The maximum Gasteiger partial charge on any atom is 0.337 e. The van der Waals surface area contributed by atoms with Gasteiger partial charge in [-0.2, -0.15) is 0 Å². The molecule has 1 N–H and O–H groups in total. The summed E-state index contributed by atoms with van der Waals surface area (Å²) < 4.78 is 0. The number of rotatable bonds is 6. The van der Waals surface area contributed by atoms with E-state index in [0.29, 0.717) is 17.0 Å². The molecule has 0 spiro atoms. The van der Waals surface area contributed by atoms with Gasteiger partial charge < -0.3 is 5.11 Å². The summed E-state index contributed by atoms with van der Waals surface area (Å²) in [5.74, 6) is 10.9. The minimum atomic E-state index is -1.03. The Morgan fingerprint density at radius 2 is 1.33 bits per heavy atom. The fraction of sp³-hybridized carbons (Fsp3) is 0.100. The van der Waals surface area contributed by atoms with Crippen LogP contribution in [-0.4, -0.2) is 21.0 Å². The normalized spacial score (nSPS) is 10.8. The van der Waals surface area contributed by atoms with Crippen molar-refractivity contribution in [2.45, 2.75) is 20.8 Å². The molecular weight excluding hydrogens is 484 g/mol. The lowest BCUT2D eigenvalue weighted by atomic mass is 10.0. The number of pyridine rings is 2. The predicted molar refractivity (Wildman–Crippen MR) is 151 cm³/mol. The van der Waals surface area contributed by atoms with E-state index in [-0.39, 0.29) is 5.56 Å². The van der Waals surface area contributed by atoms with Crippen LogP contribution in [0.5, 0.6) is 0 Å². The molecule has 4 heterocycles. The molecule has 0 radical (unpaired) electrons. The molecule has 4 aromatic heterocycles. The molecule has 0 fully saturated rings. The fourth-order valence-corrected chi connectivity index (χ4v) is 5.03. The average Bonchev–Trinajstić information content (AvgIpc) is 3.52. The lowest BCUT2D eigenvalue weighted by Gasteiger charge is -2.07. The van der Waals surface area contributed by atoms with Crippen LogP contribution in [0.3, 0.4) is 0 Å². The van der Waals surface area contributed by atoms with Gasteiger partial charge in [0.15, 0.2) is 0 Å². The Morgan fingerprint density at radius 1 is 0.806 bits per heavy atom. The van der Waals surface area contributed by atoms with Crippen LogP contribution in [0.15, 0.2) is 48.8 Å². The molecule has 0 aliphatic heterocycles. The summed E-state index contributed by atoms with van der Waals surface area (Å²) in [6.45, 7) is 5.64. The highest BCUT2D eigenvalue weighted by molar-refractivity contribution is 7.13. The summed E-state index contributed by atoms with van der Waals surface area (Å²) in [4.78, 5) is 24.9. The van der Waals surface area contributed by atoms with Gasteiger partial charge in [-0.15, -0.1) is 34.5 Å². The minimum absolute atomic E-state index is 0.135. The molecule has 6 heteroatoms. The first-order valence-corrected chi connectivity index (χ1v) is 12.7. The molecule has 176 valence electrons. The number of carboxylic acids is 1. The third kappa shape index (κ3) is 6.06. The van der Waals surface area contributed by atoms with Crippen molar-refractivity contribution in [3.8, 4) is 35.1 Å². The van der Waals surface area contributed by atoms with E-state index < -0.39 is 5.97 Å². The van der Waals surface area contributed by atoms with Gasteiger partial charge >= 0.3 is 5.97 Å². The summed E-state index contributed by atoms with van der Waals surface area (Å²) >= 11 is 3.19. The molecule has 0 atom stereocenters. The fourth-order valence-electron chi connectivity index (χ4n) is 3.40.